The average Bonchev–Trinajstić information content (AvgIpc) is 2.72. The second-order valence-electron chi connectivity index (χ2n) is 5.91. The van der Waals surface area contributed by atoms with Gasteiger partial charge in [-0.25, -0.2) is 0 Å². The highest BCUT2D eigenvalue weighted by molar-refractivity contribution is 5.85. The predicted octanol–water partition coefficient (Wildman–Crippen LogP) is 4.22. The van der Waals surface area contributed by atoms with E-state index in [1.165, 1.54) is 0 Å². The number of hydrogen-bond donors (Lipinski definition) is 2. The minimum atomic E-state index is 0.780. The summed E-state index contributed by atoms with van der Waals surface area (Å²) in [6.45, 7) is 1.58. The summed E-state index contributed by atoms with van der Waals surface area (Å²) >= 11 is 0. The van der Waals surface area contributed by atoms with Crippen molar-refractivity contribution in [1.29, 1.82) is 0 Å². The maximum Gasteiger partial charge on any atom is 0.0948 e. The molecule has 5 nitrogen and oxygen atoms in total. The molecular weight excluding hydrogens is 322 g/mol. The van der Waals surface area contributed by atoms with Crippen LogP contribution in [0.5, 0.6) is 0 Å². The zero-order valence-corrected chi connectivity index (χ0v) is 14.3. The standard InChI is InChI=1S/C21H19N5/c1-2-5-19-16(4-1)14-17(15-26-19)21-20(6-3-9-25-21)24-13-12-23-18-7-10-22-11-8-18/h1-11,14-15,24H,12-13H2,(H,22,23). The number of nitrogens with zero attached hydrogens (tertiary/aromatic N) is 3. The van der Waals surface area contributed by atoms with Gasteiger partial charge in [0.2, 0.25) is 0 Å². The summed E-state index contributed by atoms with van der Waals surface area (Å²) < 4.78 is 0. The third kappa shape index (κ3) is 3.62. The highest BCUT2D eigenvalue weighted by Gasteiger charge is 2.07. The maximum absolute atomic E-state index is 4.56. The zero-order valence-electron chi connectivity index (χ0n) is 14.3. The van der Waals surface area contributed by atoms with Crippen LogP contribution in [0, 0.1) is 0 Å². The molecule has 0 fully saturated rings. The molecule has 0 radical (unpaired) electrons. The van der Waals surface area contributed by atoms with Gasteiger partial charge >= 0.3 is 0 Å². The lowest BCUT2D eigenvalue weighted by molar-refractivity contribution is 1.07. The van der Waals surface area contributed by atoms with Gasteiger partial charge in [-0.3, -0.25) is 15.0 Å². The van der Waals surface area contributed by atoms with Crippen LogP contribution < -0.4 is 10.6 Å². The summed E-state index contributed by atoms with van der Waals surface area (Å²) in [4.78, 5) is 13.1. The number of fused-ring (bicyclic) bond motifs is 1. The number of pyridine rings is 3. The molecule has 0 saturated heterocycles. The van der Waals surface area contributed by atoms with Gasteiger partial charge in [-0.1, -0.05) is 18.2 Å². The molecule has 0 spiro atoms. The Morgan fingerprint density at radius 3 is 2.54 bits per heavy atom. The maximum atomic E-state index is 4.56. The number of rotatable bonds is 6. The molecule has 128 valence electrons. The molecule has 26 heavy (non-hydrogen) atoms. The van der Waals surface area contributed by atoms with Crippen LogP contribution in [-0.2, 0) is 0 Å². The van der Waals surface area contributed by atoms with Crippen LogP contribution in [0.4, 0.5) is 11.4 Å². The highest BCUT2D eigenvalue weighted by Crippen LogP contribution is 2.27. The Hall–Kier alpha value is -3.47. The van der Waals surface area contributed by atoms with Crippen LogP contribution in [0.2, 0.25) is 0 Å². The Balaban J connectivity index is 1.49. The second kappa shape index (κ2) is 7.61. The molecule has 3 heterocycles. The van der Waals surface area contributed by atoms with Gasteiger partial charge in [0.25, 0.3) is 0 Å². The molecule has 0 unspecified atom stereocenters. The summed E-state index contributed by atoms with van der Waals surface area (Å²) in [6, 6.07) is 18.1. The van der Waals surface area contributed by atoms with Gasteiger partial charge in [-0.15, -0.1) is 0 Å². The van der Waals surface area contributed by atoms with Crippen LogP contribution in [0.25, 0.3) is 22.2 Å². The van der Waals surface area contributed by atoms with Crippen molar-refractivity contribution in [2.45, 2.75) is 0 Å². The van der Waals surface area contributed by atoms with Gasteiger partial charge in [0.1, 0.15) is 0 Å². The van der Waals surface area contributed by atoms with E-state index >= 15 is 0 Å². The van der Waals surface area contributed by atoms with E-state index in [2.05, 4.69) is 37.7 Å². The molecular formula is C21H19N5. The van der Waals surface area contributed by atoms with Crippen LogP contribution in [0.1, 0.15) is 0 Å². The molecule has 0 bridgehead atoms. The molecule has 4 rings (SSSR count). The molecule has 1 aromatic carbocycles. The minimum absolute atomic E-state index is 0.780. The van der Waals surface area contributed by atoms with E-state index in [4.69, 9.17) is 0 Å². The minimum Gasteiger partial charge on any atom is -0.383 e. The first-order valence-electron chi connectivity index (χ1n) is 8.58. The zero-order chi connectivity index (χ0) is 17.6. The molecule has 0 aliphatic carbocycles. The number of benzene rings is 1. The predicted molar refractivity (Wildman–Crippen MR) is 106 cm³/mol. The van der Waals surface area contributed by atoms with E-state index in [0.29, 0.717) is 0 Å². The van der Waals surface area contributed by atoms with E-state index in [1.54, 1.807) is 12.4 Å². The second-order valence-corrected chi connectivity index (χ2v) is 5.91. The van der Waals surface area contributed by atoms with Gasteiger partial charge in [-0.2, -0.15) is 0 Å². The van der Waals surface area contributed by atoms with Crippen LogP contribution in [0.15, 0.2) is 79.4 Å². The van der Waals surface area contributed by atoms with E-state index < -0.39 is 0 Å². The number of nitrogens with one attached hydrogen (secondary N) is 2. The van der Waals surface area contributed by atoms with Gasteiger partial charge in [0.05, 0.1) is 16.9 Å². The fourth-order valence-electron chi connectivity index (χ4n) is 2.85. The van der Waals surface area contributed by atoms with Crippen LogP contribution in [0.3, 0.4) is 0 Å². The molecule has 0 saturated carbocycles. The smallest absolute Gasteiger partial charge is 0.0948 e. The molecule has 2 N–H and O–H groups in total. The van der Waals surface area contributed by atoms with Crippen molar-refractivity contribution in [3.05, 3.63) is 79.4 Å². The quantitative estimate of drug-likeness (QED) is 0.514. The van der Waals surface area contributed by atoms with E-state index in [9.17, 15) is 0 Å². The van der Waals surface area contributed by atoms with Crippen LogP contribution >= 0.6 is 0 Å². The number of anilines is 2. The van der Waals surface area contributed by atoms with Crippen molar-refractivity contribution in [2.75, 3.05) is 23.7 Å². The van der Waals surface area contributed by atoms with Gasteiger partial charge in [-0.05, 0) is 36.4 Å². The lowest BCUT2D eigenvalue weighted by Crippen LogP contribution is -2.14. The van der Waals surface area contributed by atoms with Crippen molar-refractivity contribution in [1.82, 2.24) is 15.0 Å². The topological polar surface area (TPSA) is 62.7 Å². The lowest BCUT2D eigenvalue weighted by Gasteiger charge is -2.12. The van der Waals surface area contributed by atoms with Crippen molar-refractivity contribution in [3.63, 3.8) is 0 Å². The summed E-state index contributed by atoms with van der Waals surface area (Å²) in [5.41, 5.74) is 4.97. The average molecular weight is 341 g/mol. The monoisotopic (exact) mass is 341 g/mol. The highest BCUT2D eigenvalue weighted by atomic mass is 15.0. The Kier molecular flexibility index (Phi) is 4.69. The summed E-state index contributed by atoms with van der Waals surface area (Å²) in [5.74, 6) is 0. The fourth-order valence-corrected chi connectivity index (χ4v) is 2.85. The van der Waals surface area contributed by atoms with Gasteiger partial charge < -0.3 is 10.6 Å². The van der Waals surface area contributed by atoms with Crippen molar-refractivity contribution < 1.29 is 0 Å². The third-order valence-electron chi connectivity index (χ3n) is 4.12. The molecule has 0 aliphatic rings. The Morgan fingerprint density at radius 2 is 1.62 bits per heavy atom. The lowest BCUT2D eigenvalue weighted by atomic mass is 10.1. The first kappa shape index (κ1) is 16.0. The van der Waals surface area contributed by atoms with Gasteiger partial charge in [0.15, 0.2) is 0 Å². The number of para-hydroxylation sites is 1. The number of aromatic nitrogens is 3. The summed E-state index contributed by atoms with van der Waals surface area (Å²) in [5, 5.41) is 7.94. The van der Waals surface area contributed by atoms with E-state index in [0.717, 1.165) is 46.6 Å². The van der Waals surface area contributed by atoms with Crippen molar-refractivity contribution in [3.8, 4) is 11.3 Å². The van der Waals surface area contributed by atoms with Gasteiger partial charge in [0, 0.05) is 54.5 Å². The molecule has 3 aromatic heterocycles. The SMILES string of the molecule is c1cnc(-c2cnc3ccccc3c2)c(NCCNc2ccncc2)c1. The third-order valence-corrected chi connectivity index (χ3v) is 4.12. The first-order valence-corrected chi connectivity index (χ1v) is 8.58. The number of hydrogen-bond acceptors (Lipinski definition) is 5. The molecule has 0 atom stereocenters. The fraction of sp³-hybridized carbons (Fsp3) is 0.0952. The van der Waals surface area contributed by atoms with E-state index in [1.807, 2.05) is 54.9 Å². The Bertz CT molecular complexity index is 1000. The first-order chi connectivity index (χ1) is 12.9. The van der Waals surface area contributed by atoms with Crippen LogP contribution in [-0.4, -0.2) is 28.0 Å². The molecule has 4 aromatic rings. The molecule has 5 heteroatoms. The van der Waals surface area contributed by atoms with Crippen molar-refractivity contribution in [2.24, 2.45) is 0 Å². The van der Waals surface area contributed by atoms with Crippen molar-refractivity contribution >= 4 is 22.3 Å². The Morgan fingerprint density at radius 1 is 0.769 bits per heavy atom. The summed E-state index contributed by atoms with van der Waals surface area (Å²) in [6.07, 6.45) is 7.25. The molecule has 0 aliphatic heterocycles. The summed E-state index contributed by atoms with van der Waals surface area (Å²) in [7, 11) is 0. The Labute approximate surface area is 152 Å². The van der Waals surface area contributed by atoms with E-state index in [-0.39, 0.29) is 0 Å². The largest absolute Gasteiger partial charge is 0.383 e. The molecule has 0 amide bonds. The normalized spacial score (nSPS) is 10.6.